The van der Waals surface area contributed by atoms with Gasteiger partial charge in [-0.25, -0.2) is 4.68 Å². The Morgan fingerprint density at radius 1 is 1.15 bits per heavy atom. The third-order valence-electron chi connectivity index (χ3n) is 5.84. The van der Waals surface area contributed by atoms with Crippen molar-refractivity contribution in [2.24, 2.45) is 0 Å². The van der Waals surface area contributed by atoms with E-state index in [9.17, 15) is 4.79 Å². The molecule has 144 valence electrons. The fraction of sp³-hybridized carbons (Fsp3) is 0.524. The molecule has 1 aromatic heterocycles. The van der Waals surface area contributed by atoms with E-state index in [0.717, 1.165) is 25.1 Å². The molecular formula is C21H27ClN4O. The van der Waals surface area contributed by atoms with Crippen LogP contribution < -0.4 is 0 Å². The van der Waals surface area contributed by atoms with E-state index in [4.69, 9.17) is 11.6 Å². The summed E-state index contributed by atoms with van der Waals surface area (Å²) in [5, 5.41) is 4.99. The number of aryl methyl sites for hydroxylation is 2. The molecule has 0 radical (unpaired) electrons. The maximum absolute atomic E-state index is 13.1. The molecule has 2 aromatic rings. The lowest BCUT2D eigenvalue weighted by Gasteiger charge is -2.23. The molecule has 0 bridgehead atoms. The summed E-state index contributed by atoms with van der Waals surface area (Å²) in [6.07, 6.45) is 3.61. The fourth-order valence-corrected chi connectivity index (χ4v) is 4.57. The Balaban J connectivity index is 1.49. The van der Waals surface area contributed by atoms with E-state index in [2.05, 4.69) is 41.2 Å². The quantitative estimate of drug-likeness (QED) is 0.807. The number of benzene rings is 1. The molecule has 2 aliphatic rings. The Morgan fingerprint density at radius 2 is 1.85 bits per heavy atom. The molecular weight excluding hydrogens is 360 g/mol. The number of nitrogens with zero attached hydrogens (tertiary/aromatic N) is 4. The number of halogens is 1. The van der Waals surface area contributed by atoms with Crippen LogP contribution in [0.15, 0.2) is 24.3 Å². The summed E-state index contributed by atoms with van der Waals surface area (Å²) in [5.41, 5.74) is 3.62. The van der Waals surface area contributed by atoms with Gasteiger partial charge in [-0.1, -0.05) is 41.4 Å². The van der Waals surface area contributed by atoms with Gasteiger partial charge in [0.2, 0.25) is 0 Å². The largest absolute Gasteiger partial charge is 0.337 e. The zero-order chi connectivity index (χ0) is 19.0. The van der Waals surface area contributed by atoms with Gasteiger partial charge in [-0.3, -0.25) is 9.69 Å². The van der Waals surface area contributed by atoms with Crippen LogP contribution in [0.2, 0.25) is 5.15 Å². The smallest absolute Gasteiger partial charge is 0.258 e. The maximum Gasteiger partial charge on any atom is 0.258 e. The van der Waals surface area contributed by atoms with Crippen LogP contribution in [0.1, 0.15) is 46.4 Å². The van der Waals surface area contributed by atoms with Crippen LogP contribution in [0.4, 0.5) is 0 Å². The molecule has 3 heterocycles. The first-order chi connectivity index (χ1) is 13.0. The van der Waals surface area contributed by atoms with E-state index in [0.29, 0.717) is 29.0 Å². The molecule has 0 N–H and O–H groups in total. The van der Waals surface area contributed by atoms with Gasteiger partial charge in [0.25, 0.3) is 5.91 Å². The molecule has 2 aliphatic heterocycles. The minimum Gasteiger partial charge on any atom is -0.337 e. The predicted octanol–water partition coefficient (Wildman–Crippen LogP) is 3.51. The molecule has 2 fully saturated rings. The minimum absolute atomic E-state index is 0.0225. The van der Waals surface area contributed by atoms with Gasteiger partial charge in [-0.05, 0) is 51.8 Å². The topological polar surface area (TPSA) is 41.4 Å². The lowest BCUT2D eigenvalue weighted by Crippen LogP contribution is -2.37. The number of likely N-dealkylation sites (tertiary alicyclic amines) is 2. The van der Waals surface area contributed by atoms with Crippen molar-refractivity contribution < 1.29 is 4.79 Å². The van der Waals surface area contributed by atoms with Gasteiger partial charge >= 0.3 is 0 Å². The van der Waals surface area contributed by atoms with Crippen molar-refractivity contribution in [1.82, 2.24) is 19.6 Å². The second-order valence-corrected chi connectivity index (χ2v) is 8.19. The van der Waals surface area contributed by atoms with Gasteiger partial charge < -0.3 is 4.90 Å². The van der Waals surface area contributed by atoms with E-state index in [-0.39, 0.29) is 5.91 Å². The highest BCUT2D eigenvalue weighted by atomic mass is 35.5. The molecule has 0 aliphatic carbocycles. The van der Waals surface area contributed by atoms with E-state index >= 15 is 0 Å². The van der Waals surface area contributed by atoms with Crippen molar-refractivity contribution in [2.75, 3.05) is 26.2 Å². The number of aromatic nitrogens is 2. The number of carbonyl (C=O) groups is 1. The Labute approximate surface area is 165 Å². The van der Waals surface area contributed by atoms with E-state index in [1.165, 1.54) is 31.5 Å². The average molecular weight is 387 g/mol. The summed E-state index contributed by atoms with van der Waals surface area (Å²) >= 11 is 6.59. The predicted molar refractivity (Wildman–Crippen MR) is 107 cm³/mol. The second-order valence-electron chi connectivity index (χ2n) is 7.83. The minimum atomic E-state index is 0.0225. The van der Waals surface area contributed by atoms with Crippen molar-refractivity contribution in [3.05, 3.63) is 51.8 Å². The van der Waals surface area contributed by atoms with Gasteiger partial charge in [0.15, 0.2) is 0 Å². The second kappa shape index (κ2) is 7.64. The first-order valence-corrected chi connectivity index (χ1v) is 10.2. The van der Waals surface area contributed by atoms with Crippen molar-refractivity contribution in [2.45, 2.75) is 45.7 Å². The molecule has 4 rings (SSSR count). The van der Waals surface area contributed by atoms with Crippen LogP contribution in [0.3, 0.4) is 0 Å². The maximum atomic E-state index is 13.1. The molecule has 1 atom stereocenters. The average Bonchev–Trinajstić information content (AvgIpc) is 3.38. The van der Waals surface area contributed by atoms with Crippen molar-refractivity contribution >= 4 is 17.5 Å². The lowest BCUT2D eigenvalue weighted by molar-refractivity contribution is 0.0779. The van der Waals surface area contributed by atoms with Crippen molar-refractivity contribution in [1.29, 1.82) is 0 Å². The zero-order valence-corrected chi connectivity index (χ0v) is 16.9. The number of hydrogen-bond acceptors (Lipinski definition) is 3. The Kier molecular flexibility index (Phi) is 5.24. The van der Waals surface area contributed by atoms with Gasteiger partial charge in [0, 0.05) is 19.1 Å². The molecule has 2 saturated heterocycles. The number of rotatable bonds is 4. The molecule has 0 unspecified atom stereocenters. The van der Waals surface area contributed by atoms with Crippen LogP contribution in [-0.4, -0.2) is 57.7 Å². The standard InChI is InChI=1S/C21H27ClN4O/c1-15-5-7-17(8-6-15)13-26-20(22)19(16(2)23-26)21(27)25-12-9-18(14-25)24-10-3-4-11-24/h5-8,18H,3-4,9-14H2,1-2H3/t18-/m0/s1. The number of hydrogen-bond donors (Lipinski definition) is 0. The van der Waals surface area contributed by atoms with E-state index < -0.39 is 0 Å². The van der Waals surface area contributed by atoms with Crippen molar-refractivity contribution in [3.63, 3.8) is 0 Å². The summed E-state index contributed by atoms with van der Waals surface area (Å²) < 4.78 is 1.74. The van der Waals surface area contributed by atoms with Crippen LogP contribution in [0, 0.1) is 13.8 Å². The first kappa shape index (κ1) is 18.5. The molecule has 0 spiro atoms. The third-order valence-corrected chi connectivity index (χ3v) is 6.22. The van der Waals surface area contributed by atoms with Gasteiger partial charge in [-0.15, -0.1) is 0 Å². The summed E-state index contributed by atoms with van der Waals surface area (Å²) in [5.74, 6) is 0.0225. The SMILES string of the molecule is Cc1ccc(Cn2nc(C)c(C(=O)N3CC[C@H](N4CCCC4)C3)c2Cl)cc1. The Morgan fingerprint density at radius 3 is 2.56 bits per heavy atom. The summed E-state index contributed by atoms with van der Waals surface area (Å²) in [7, 11) is 0. The Bertz CT molecular complexity index is 823. The van der Waals surface area contributed by atoms with Crippen LogP contribution in [0.5, 0.6) is 0 Å². The third kappa shape index (κ3) is 3.76. The summed E-state index contributed by atoms with van der Waals surface area (Å²) in [4.78, 5) is 17.6. The molecule has 1 amide bonds. The normalized spacial score (nSPS) is 20.6. The van der Waals surface area contributed by atoms with Gasteiger partial charge in [-0.2, -0.15) is 5.10 Å². The van der Waals surface area contributed by atoms with Crippen LogP contribution in [0.25, 0.3) is 0 Å². The highest BCUT2D eigenvalue weighted by molar-refractivity contribution is 6.33. The lowest BCUT2D eigenvalue weighted by atomic mass is 10.1. The highest BCUT2D eigenvalue weighted by Gasteiger charge is 2.34. The molecule has 6 heteroatoms. The Hall–Kier alpha value is -1.85. The van der Waals surface area contributed by atoms with E-state index in [1.54, 1.807) is 4.68 Å². The molecule has 5 nitrogen and oxygen atoms in total. The zero-order valence-electron chi connectivity index (χ0n) is 16.1. The summed E-state index contributed by atoms with van der Waals surface area (Å²) in [6.45, 7) is 8.46. The van der Waals surface area contributed by atoms with Crippen molar-refractivity contribution in [3.8, 4) is 0 Å². The van der Waals surface area contributed by atoms with Crippen LogP contribution in [-0.2, 0) is 6.54 Å². The molecule has 0 saturated carbocycles. The van der Waals surface area contributed by atoms with Gasteiger partial charge in [0.05, 0.1) is 17.8 Å². The molecule has 1 aromatic carbocycles. The highest BCUT2D eigenvalue weighted by Crippen LogP contribution is 2.26. The fourth-order valence-electron chi connectivity index (χ4n) is 4.26. The summed E-state index contributed by atoms with van der Waals surface area (Å²) in [6, 6.07) is 8.80. The molecule has 27 heavy (non-hydrogen) atoms. The van der Waals surface area contributed by atoms with E-state index in [1.807, 2.05) is 11.8 Å². The monoisotopic (exact) mass is 386 g/mol. The number of carbonyl (C=O) groups excluding carboxylic acids is 1. The van der Waals surface area contributed by atoms with Crippen LogP contribution >= 0.6 is 11.6 Å². The van der Waals surface area contributed by atoms with Gasteiger partial charge in [0.1, 0.15) is 5.15 Å². The first-order valence-electron chi connectivity index (χ1n) is 9.84. The number of amides is 1.